The highest BCUT2D eigenvalue weighted by molar-refractivity contribution is 7.99. The maximum absolute atomic E-state index is 12.9. The molecule has 0 saturated carbocycles. The average molecular weight is 542 g/mol. The van der Waals surface area contributed by atoms with Gasteiger partial charge in [0.1, 0.15) is 10.6 Å². The van der Waals surface area contributed by atoms with Crippen LogP contribution in [0, 0.1) is 0 Å². The van der Waals surface area contributed by atoms with Crippen LogP contribution in [0.4, 0.5) is 11.8 Å². The molecule has 0 radical (unpaired) electrons. The van der Waals surface area contributed by atoms with Gasteiger partial charge in [0.15, 0.2) is 5.65 Å². The van der Waals surface area contributed by atoms with Crippen LogP contribution in [0.15, 0.2) is 64.9 Å². The maximum Gasteiger partial charge on any atom is 0.211 e. The smallest absolute Gasteiger partial charge is 0.211 e. The highest BCUT2D eigenvalue weighted by Gasteiger charge is 2.32. The molecule has 1 aliphatic rings. The minimum absolute atomic E-state index is 0.0151. The van der Waals surface area contributed by atoms with Gasteiger partial charge >= 0.3 is 0 Å². The van der Waals surface area contributed by atoms with Gasteiger partial charge in [-0.25, -0.2) is 15.0 Å². The first-order valence-electron chi connectivity index (χ1n) is 11.6. The largest absolute Gasteiger partial charge is 0.598 e. The van der Waals surface area contributed by atoms with Crippen LogP contribution in [0.3, 0.4) is 0 Å². The van der Waals surface area contributed by atoms with Crippen LogP contribution in [-0.4, -0.2) is 35.2 Å². The summed E-state index contributed by atoms with van der Waals surface area (Å²) in [5, 5.41) is 0.423. The molecule has 1 aromatic carbocycles. The standard InChI is InChI=1S/C25H28ClN7OS2/c1-25(2,3)36(34)31-18-9-12-32(15-16-6-4-5-7-17(16)18)24-30-14-20(23-29-11-13-33(23)24)35-19-8-10-28-22(27)21(19)26/h4-8,10-11,13-14,18,31H,9,12,15H2,1-3H3,(H2,27,28)/t18-,36?/m0/s1. The van der Waals surface area contributed by atoms with Gasteiger partial charge in [-0.05, 0) is 44.4 Å². The monoisotopic (exact) mass is 541 g/mol. The van der Waals surface area contributed by atoms with Crippen LogP contribution in [-0.2, 0) is 17.9 Å². The van der Waals surface area contributed by atoms with Crippen LogP contribution < -0.4 is 15.4 Å². The number of imidazole rings is 1. The fraction of sp³-hybridized carbons (Fsp3) is 0.320. The molecule has 11 heteroatoms. The molecule has 0 bridgehead atoms. The van der Waals surface area contributed by atoms with Crippen molar-refractivity contribution in [3.05, 3.63) is 71.3 Å². The molecule has 188 valence electrons. The molecule has 0 amide bonds. The Morgan fingerprint density at radius 2 is 1.94 bits per heavy atom. The molecule has 8 nitrogen and oxygen atoms in total. The van der Waals surface area contributed by atoms with Crippen molar-refractivity contribution in [2.45, 2.75) is 54.3 Å². The number of halogens is 1. The van der Waals surface area contributed by atoms with Crippen molar-refractivity contribution in [1.82, 2.24) is 24.1 Å². The molecule has 1 aliphatic heterocycles. The Balaban J connectivity index is 1.46. The van der Waals surface area contributed by atoms with Gasteiger partial charge in [-0.1, -0.05) is 47.6 Å². The number of hydrogen-bond acceptors (Lipinski definition) is 8. The van der Waals surface area contributed by atoms with E-state index in [0.717, 1.165) is 34.4 Å². The number of nitrogen functional groups attached to an aromatic ring is 1. The molecule has 0 spiro atoms. The lowest BCUT2D eigenvalue weighted by atomic mass is 10.0. The van der Waals surface area contributed by atoms with Crippen LogP contribution in [0.2, 0.25) is 5.02 Å². The third-order valence-electron chi connectivity index (χ3n) is 6.04. The predicted molar refractivity (Wildman–Crippen MR) is 147 cm³/mol. The second kappa shape index (κ2) is 10.1. The molecule has 4 heterocycles. The number of rotatable bonds is 5. The molecule has 36 heavy (non-hydrogen) atoms. The molecule has 0 fully saturated rings. The second-order valence-electron chi connectivity index (χ2n) is 9.61. The predicted octanol–water partition coefficient (Wildman–Crippen LogP) is 5.01. The molecule has 5 rings (SSSR count). The first-order chi connectivity index (χ1) is 17.2. The highest BCUT2D eigenvalue weighted by Crippen LogP contribution is 2.38. The number of pyridine rings is 1. The van der Waals surface area contributed by atoms with Crippen molar-refractivity contribution < 1.29 is 4.55 Å². The van der Waals surface area contributed by atoms with Crippen LogP contribution >= 0.6 is 23.4 Å². The fourth-order valence-electron chi connectivity index (χ4n) is 4.17. The summed E-state index contributed by atoms with van der Waals surface area (Å²) in [4.78, 5) is 17.4. The Morgan fingerprint density at radius 3 is 2.75 bits per heavy atom. The van der Waals surface area contributed by atoms with E-state index in [1.165, 1.54) is 22.9 Å². The highest BCUT2D eigenvalue weighted by atomic mass is 35.5. The van der Waals surface area contributed by atoms with Gasteiger partial charge in [0, 0.05) is 54.1 Å². The van der Waals surface area contributed by atoms with E-state index in [4.69, 9.17) is 22.3 Å². The summed E-state index contributed by atoms with van der Waals surface area (Å²) >= 11 is 6.66. The summed E-state index contributed by atoms with van der Waals surface area (Å²) in [5.74, 6) is 1.10. The lowest BCUT2D eigenvalue weighted by Gasteiger charge is -2.28. The van der Waals surface area contributed by atoms with E-state index in [9.17, 15) is 4.55 Å². The lowest BCUT2D eigenvalue weighted by molar-refractivity contribution is 0.514. The number of hydrogen-bond donors (Lipinski definition) is 2. The van der Waals surface area contributed by atoms with E-state index in [2.05, 4.69) is 31.7 Å². The van der Waals surface area contributed by atoms with Crippen molar-refractivity contribution in [1.29, 1.82) is 0 Å². The van der Waals surface area contributed by atoms with Crippen LogP contribution in [0.1, 0.15) is 44.4 Å². The van der Waals surface area contributed by atoms with Crippen molar-refractivity contribution in [3.8, 4) is 0 Å². The number of nitrogens with two attached hydrogens (primary N) is 1. The van der Waals surface area contributed by atoms with E-state index >= 15 is 0 Å². The quantitative estimate of drug-likeness (QED) is 0.339. The molecular weight excluding hydrogens is 514 g/mol. The normalized spacial score (nSPS) is 17.1. The summed E-state index contributed by atoms with van der Waals surface area (Å²) in [7, 11) is 0. The first kappa shape index (κ1) is 25.2. The third kappa shape index (κ3) is 5.01. The molecule has 0 saturated heterocycles. The van der Waals surface area contributed by atoms with Gasteiger partial charge in [-0.15, -0.1) is 4.72 Å². The van der Waals surface area contributed by atoms with E-state index in [0.29, 0.717) is 17.4 Å². The number of anilines is 2. The number of aromatic nitrogens is 4. The second-order valence-corrected chi connectivity index (χ2v) is 13.1. The van der Waals surface area contributed by atoms with Crippen molar-refractivity contribution >= 4 is 52.1 Å². The number of nitrogens with one attached hydrogen (secondary N) is 1. The van der Waals surface area contributed by atoms with E-state index < -0.39 is 11.4 Å². The number of fused-ring (bicyclic) bond motifs is 2. The molecule has 3 N–H and O–H groups in total. The first-order valence-corrected chi connectivity index (χ1v) is 14.0. The van der Waals surface area contributed by atoms with Gasteiger partial charge in [-0.3, -0.25) is 4.40 Å². The molecule has 2 atom stereocenters. The maximum atomic E-state index is 12.9. The van der Waals surface area contributed by atoms with Crippen molar-refractivity contribution in [2.75, 3.05) is 17.2 Å². The average Bonchev–Trinajstić information content (AvgIpc) is 3.27. The summed E-state index contributed by atoms with van der Waals surface area (Å²) in [6, 6.07) is 10.2. The van der Waals surface area contributed by atoms with Gasteiger partial charge in [0.2, 0.25) is 5.95 Å². The Morgan fingerprint density at radius 1 is 1.14 bits per heavy atom. The van der Waals surface area contributed by atoms with Crippen LogP contribution in [0.25, 0.3) is 5.65 Å². The topological polar surface area (TPSA) is 107 Å². The van der Waals surface area contributed by atoms with Crippen molar-refractivity contribution in [2.24, 2.45) is 0 Å². The number of nitrogens with zero attached hydrogens (tertiary/aromatic N) is 5. The minimum atomic E-state index is -1.17. The zero-order valence-corrected chi connectivity index (χ0v) is 22.7. The van der Waals surface area contributed by atoms with Gasteiger partial charge in [-0.2, -0.15) is 0 Å². The van der Waals surface area contributed by atoms with E-state index in [1.54, 1.807) is 12.4 Å². The summed E-state index contributed by atoms with van der Waals surface area (Å²) in [5.41, 5.74) is 9.04. The Bertz CT molecular complexity index is 1390. The summed E-state index contributed by atoms with van der Waals surface area (Å²) < 4.78 is 18.0. The Hall–Kier alpha value is -2.50. The minimum Gasteiger partial charge on any atom is -0.598 e. The molecule has 3 aromatic heterocycles. The Kier molecular flexibility index (Phi) is 7.06. The molecule has 1 unspecified atom stereocenters. The van der Waals surface area contributed by atoms with Gasteiger partial charge in [0.05, 0.1) is 16.0 Å². The summed E-state index contributed by atoms with van der Waals surface area (Å²) in [6.45, 7) is 7.39. The van der Waals surface area contributed by atoms with Crippen LogP contribution in [0.5, 0.6) is 0 Å². The number of benzene rings is 1. The fourth-order valence-corrected chi connectivity index (χ4v) is 6.16. The summed E-state index contributed by atoms with van der Waals surface area (Å²) in [6.07, 6.45) is 7.95. The van der Waals surface area contributed by atoms with Gasteiger partial charge < -0.3 is 15.2 Å². The molecule has 4 aromatic rings. The molecule has 0 aliphatic carbocycles. The SMILES string of the molecule is CC(C)(C)[S+]([O-])N[C@H]1CCN(c2ncc(Sc3ccnc(N)c3Cl)c3nccn23)Cc2ccccc21. The zero-order valence-electron chi connectivity index (χ0n) is 20.3. The van der Waals surface area contributed by atoms with E-state index in [1.807, 2.05) is 55.8 Å². The zero-order chi connectivity index (χ0) is 25.4. The van der Waals surface area contributed by atoms with Crippen molar-refractivity contribution in [3.63, 3.8) is 0 Å². The van der Waals surface area contributed by atoms with E-state index in [-0.39, 0.29) is 10.8 Å². The molecular formula is C25H28ClN7OS2. The lowest BCUT2D eigenvalue weighted by Crippen LogP contribution is -2.41. The Labute approximate surface area is 223 Å². The third-order valence-corrected chi connectivity index (χ3v) is 9.23. The van der Waals surface area contributed by atoms with Gasteiger partial charge in [0.25, 0.3) is 0 Å².